The molecule has 8 nitrogen and oxygen atoms in total. The summed E-state index contributed by atoms with van der Waals surface area (Å²) < 4.78 is 82.4. The standard InChI is InChI=1S/C25H30F3N3O3.C2HF3O2/c1-31-13-12-24(16-8-9-20(33-2)21(14-16)34-3)11-10-17(15-22(24)31)29-23(32)30-19-7-5-4-6-18(19)25(26,27)28;3-2(4,5)1(6)7/h4-9,14,17,22H,10-13,15H2,1-3H3,(H2,29,30,32);(H,6,7). The molecule has 2 aromatic rings. The molecule has 41 heavy (non-hydrogen) atoms. The molecule has 14 heteroatoms. The minimum absolute atomic E-state index is 0.0775. The Labute approximate surface area is 232 Å². The van der Waals surface area contributed by atoms with Crippen molar-refractivity contribution in [2.75, 3.05) is 33.1 Å². The lowest BCUT2D eigenvalue weighted by molar-refractivity contribution is -0.192. The van der Waals surface area contributed by atoms with E-state index in [0.29, 0.717) is 17.9 Å². The number of likely N-dealkylation sites (tertiary alicyclic amines) is 1. The van der Waals surface area contributed by atoms with Crippen molar-refractivity contribution in [3.8, 4) is 11.5 Å². The van der Waals surface area contributed by atoms with Crippen molar-refractivity contribution in [1.82, 2.24) is 10.2 Å². The number of carboxylic acids is 1. The molecule has 2 aromatic carbocycles. The van der Waals surface area contributed by atoms with Gasteiger partial charge in [0.15, 0.2) is 11.5 Å². The Morgan fingerprint density at radius 2 is 1.63 bits per heavy atom. The number of hydrogen-bond donors (Lipinski definition) is 3. The molecule has 3 atom stereocenters. The Morgan fingerprint density at radius 1 is 1.00 bits per heavy atom. The first-order chi connectivity index (χ1) is 19.1. The van der Waals surface area contributed by atoms with Gasteiger partial charge in [0.1, 0.15) is 0 Å². The van der Waals surface area contributed by atoms with E-state index in [0.717, 1.165) is 31.9 Å². The summed E-state index contributed by atoms with van der Waals surface area (Å²) in [5.74, 6) is -1.39. The smallest absolute Gasteiger partial charge is 0.490 e. The number of rotatable bonds is 5. The van der Waals surface area contributed by atoms with Gasteiger partial charge in [0.25, 0.3) is 0 Å². The number of carbonyl (C=O) groups excluding carboxylic acids is 1. The molecule has 0 spiro atoms. The van der Waals surface area contributed by atoms with Crippen molar-refractivity contribution in [3.05, 3.63) is 53.6 Å². The molecule has 1 saturated carbocycles. The summed E-state index contributed by atoms with van der Waals surface area (Å²) in [6, 6.07) is 10.5. The predicted octanol–water partition coefficient (Wildman–Crippen LogP) is 5.67. The van der Waals surface area contributed by atoms with Gasteiger partial charge in [0.2, 0.25) is 0 Å². The summed E-state index contributed by atoms with van der Waals surface area (Å²) in [6.07, 6.45) is -6.35. The summed E-state index contributed by atoms with van der Waals surface area (Å²) in [7, 11) is 5.31. The molecule has 2 amide bonds. The van der Waals surface area contributed by atoms with Crippen molar-refractivity contribution in [2.24, 2.45) is 0 Å². The highest BCUT2D eigenvalue weighted by molar-refractivity contribution is 5.90. The number of methoxy groups -OCH3 is 2. The van der Waals surface area contributed by atoms with E-state index in [9.17, 15) is 31.1 Å². The number of amides is 2. The summed E-state index contributed by atoms with van der Waals surface area (Å²) in [4.78, 5) is 23.8. The van der Waals surface area contributed by atoms with Crippen molar-refractivity contribution in [1.29, 1.82) is 0 Å². The van der Waals surface area contributed by atoms with E-state index in [1.165, 1.54) is 23.8 Å². The number of carbonyl (C=O) groups is 2. The van der Waals surface area contributed by atoms with E-state index in [2.05, 4.69) is 28.6 Å². The molecular weight excluding hydrogens is 560 g/mol. The Bertz CT molecular complexity index is 1240. The molecule has 226 valence electrons. The predicted molar refractivity (Wildman–Crippen MR) is 137 cm³/mol. The van der Waals surface area contributed by atoms with E-state index in [1.807, 2.05) is 12.1 Å². The first-order valence-electron chi connectivity index (χ1n) is 12.6. The van der Waals surface area contributed by atoms with Gasteiger partial charge in [-0.25, -0.2) is 9.59 Å². The summed E-state index contributed by atoms with van der Waals surface area (Å²) in [6.45, 7) is 0.927. The fourth-order valence-corrected chi connectivity index (χ4v) is 5.58. The summed E-state index contributed by atoms with van der Waals surface area (Å²) in [5.41, 5.74) is -0.00877. The third kappa shape index (κ3) is 7.34. The highest BCUT2D eigenvalue weighted by Gasteiger charge is 2.50. The molecule has 1 saturated heterocycles. The Morgan fingerprint density at radius 3 is 2.22 bits per heavy atom. The van der Waals surface area contributed by atoms with Crippen LogP contribution >= 0.6 is 0 Å². The van der Waals surface area contributed by atoms with Crippen LogP contribution in [0, 0.1) is 0 Å². The second kappa shape index (κ2) is 12.5. The van der Waals surface area contributed by atoms with Gasteiger partial charge >= 0.3 is 24.4 Å². The van der Waals surface area contributed by atoms with Crippen LogP contribution in [0.2, 0.25) is 0 Å². The quantitative estimate of drug-likeness (QED) is 0.388. The SMILES string of the molecule is COc1ccc(C23CCC(NC(=O)Nc4ccccc4C(F)(F)F)CC2N(C)CC3)cc1OC.O=C(O)C(F)(F)F. The van der Waals surface area contributed by atoms with Gasteiger partial charge in [-0.15, -0.1) is 0 Å². The number of benzene rings is 2. The van der Waals surface area contributed by atoms with Crippen LogP contribution in [0.4, 0.5) is 36.8 Å². The van der Waals surface area contributed by atoms with Gasteiger partial charge in [-0.05, 0) is 69.1 Å². The van der Waals surface area contributed by atoms with E-state index in [4.69, 9.17) is 19.4 Å². The van der Waals surface area contributed by atoms with Gasteiger partial charge in [0.05, 0.1) is 25.5 Å². The zero-order valence-corrected chi connectivity index (χ0v) is 22.5. The molecule has 2 fully saturated rings. The zero-order valence-electron chi connectivity index (χ0n) is 22.5. The third-order valence-electron chi connectivity index (χ3n) is 7.54. The summed E-state index contributed by atoms with van der Waals surface area (Å²) >= 11 is 0. The second-order valence-electron chi connectivity index (χ2n) is 9.89. The number of aliphatic carboxylic acids is 1. The average Bonchev–Trinajstić information content (AvgIpc) is 3.24. The lowest BCUT2D eigenvalue weighted by atomic mass is 9.65. The number of para-hydroxylation sites is 1. The van der Waals surface area contributed by atoms with E-state index < -0.39 is 29.9 Å². The number of carboxylic acid groups (broad SMARTS) is 1. The van der Waals surface area contributed by atoms with Gasteiger partial charge in [-0.1, -0.05) is 18.2 Å². The second-order valence-corrected chi connectivity index (χ2v) is 9.89. The van der Waals surface area contributed by atoms with Gasteiger partial charge < -0.3 is 30.1 Å². The monoisotopic (exact) mass is 591 g/mol. The van der Waals surface area contributed by atoms with Crippen LogP contribution in [0.1, 0.15) is 36.8 Å². The fraction of sp³-hybridized carbons (Fsp3) is 0.481. The number of nitrogens with zero attached hydrogens (tertiary/aromatic N) is 1. The van der Waals surface area contributed by atoms with E-state index >= 15 is 0 Å². The van der Waals surface area contributed by atoms with Crippen molar-refractivity contribution < 1.29 is 50.5 Å². The Balaban J connectivity index is 0.000000587. The first-order valence-corrected chi connectivity index (χ1v) is 12.6. The zero-order chi connectivity index (χ0) is 30.6. The van der Waals surface area contributed by atoms with Crippen molar-refractivity contribution >= 4 is 17.7 Å². The number of anilines is 1. The number of nitrogens with one attached hydrogen (secondary N) is 2. The van der Waals surface area contributed by atoms with E-state index in [-0.39, 0.29) is 23.2 Å². The Kier molecular flexibility index (Phi) is 9.67. The molecular formula is C27H31F6N3O5. The van der Waals surface area contributed by atoms with Gasteiger partial charge in [-0.2, -0.15) is 26.3 Å². The molecule has 3 N–H and O–H groups in total. The highest BCUT2D eigenvalue weighted by atomic mass is 19.4. The number of ether oxygens (including phenoxy) is 2. The minimum atomic E-state index is -5.08. The number of hydrogen-bond acceptors (Lipinski definition) is 5. The molecule has 1 aliphatic carbocycles. The number of urea groups is 1. The van der Waals surface area contributed by atoms with Crippen molar-refractivity contribution in [2.45, 2.75) is 55.5 Å². The van der Waals surface area contributed by atoms with Crippen LogP contribution in [0.5, 0.6) is 11.5 Å². The van der Waals surface area contributed by atoms with Crippen LogP contribution in [0.15, 0.2) is 42.5 Å². The fourth-order valence-electron chi connectivity index (χ4n) is 5.58. The lowest BCUT2D eigenvalue weighted by Gasteiger charge is -2.45. The number of fused-ring (bicyclic) bond motifs is 1. The highest BCUT2D eigenvalue weighted by Crippen LogP contribution is 2.50. The van der Waals surface area contributed by atoms with Crippen LogP contribution in [-0.2, 0) is 16.4 Å². The normalized spacial score (nSPS) is 22.6. The van der Waals surface area contributed by atoms with Gasteiger partial charge in [0, 0.05) is 17.5 Å². The first kappa shape index (κ1) is 31.8. The topological polar surface area (TPSA) is 100 Å². The average molecular weight is 592 g/mol. The van der Waals surface area contributed by atoms with Gasteiger partial charge in [-0.3, -0.25) is 0 Å². The third-order valence-corrected chi connectivity index (χ3v) is 7.54. The maximum atomic E-state index is 13.3. The number of alkyl halides is 6. The molecule has 4 rings (SSSR count). The largest absolute Gasteiger partial charge is 0.493 e. The molecule has 1 aliphatic heterocycles. The van der Waals surface area contributed by atoms with Crippen LogP contribution < -0.4 is 20.1 Å². The van der Waals surface area contributed by atoms with E-state index in [1.54, 1.807) is 14.2 Å². The molecule has 0 radical (unpaired) electrons. The lowest BCUT2D eigenvalue weighted by Crippen LogP contribution is -2.52. The maximum Gasteiger partial charge on any atom is 0.490 e. The van der Waals surface area contributed by atoms with Crippen LogP contribution in [0.3, 0.4) is 0 Å². The molecule has 2 aliphatic rings. The number of likely N-dealkylation sites (N-methyl/N-ethyl adjacent to an activating group) is 1. The van der Waals surface area contributed by atoms with Crippen LogP contribution in [-0.4, -0.2) is 68.1 Å². The van der Waals surface area contributed by atoms with Crippen LogP contribution in [0.25, 0.3) is 0 Å². The molecule has 1 heterocycles. The molecule has 0 bridgehead atoms. The maximum absolute atomic E-state index is 13.3. The summed E-state index contributed by atoms with van der Waals surface area (Å²) in [5, 5.41) is 12.4. The molecule has 3 unspecified atom stereocenters. The van der Waals surface area contributed by atoms with Crippen molar-refractivity contribution in [3.63, 3.8) is 0 Å². The Hall–Kier alpha value is -3.68. The molecule has 0 aromatic heterocycles. The number of halogens is 6. The minimum Gasteiger partial charge on any atom is -0.493 e.